The first-order valence-electron chi connectivity index (χ1n) is 13.1. The highest BCUT2D eigenvalue weighted by molar-refractivity contribution is 8.00. The van der Waals surface area contributed by atoms with Crippen LogP contribution in [0.1, 0.15) is 28.4 Å². The molecule has 4 rings (SSSR count). The van der Waals surface area contributed by atoms with Crippen LogP contribution < -0.4 is 16.0 Å². The molecule has 7 nitrogen and oxygen atoms in total. The first kappa shape index (κ1) is 33.7. The molecule has 3 aromatic carbocycles. The van der Waals surface area contributed by atoms with Gasteiger partial charge in [0.15, 0.2) is 23.3 Å². The van der Waals surface area contributed by atoms with Gasteiger partial charge in [-0.1, -0.05) is 30.3 Å². The average molecular weight is 663 g/mol. The van der Waals surface area contributed by atoms with Crippen LogP contribution in [0.25, 0.3) is 6.08 Å². The van der Waals surface area contributed by atoms with Gasteiger partial charge in [0, 0.05) is 28.5 Å². The number of hydrogen-bond acceptors (Lipinski definition) is 5. The molecule has 15 heteroatoms. The summed E-state index contributed by atoms with van der Waals surface area (Å²) in [7, 11) is 0. The number of amides is 3. The maximum atomic E-state index is 14.3. The number of nitrogens with zero attached hydrogens (tertiary/aromatic N) is 1. The molecule has 0 aliphatic rings. The molecule has 1 unspecified atom stereocenters. The molecule has 0 aliphatic heterocycles. The van der Waals surface area contributed by atoms with E-state index in [0.717, 1.165) is 11.8 Å². The molecule has 1 aromatic heterocycles. The molecule has 0 fully saturated rings. The summed E-state index contributed by atoms with van der Waals surface area (Å²) in [5.74, 6) is -12.7. The summed E-state index contributed by atoms with van der Waals surface area (Å²) >= 11 is 0.790. The Hall–Kier alpha value is -5.18. The lowest BCUT2D eigenvalue weighted by Crippen LogP contribution is -2.30. The number of thioether (sulfide) groups is 1. The molecule has 46 heavy (non-hydrogen) atoms. The predicted molar refractivity (Wildman–Crippen MR) is 156 cm³/mol. The number of carbonyl (C=O) groups excluding carboxylic acids is 3. The minimum Gasteiger partial charge on any atom is -0.321 e. The van der Waals surface area contributed by atoms with Crippen LogP contribution in [-0.2, 0) is 15.8 Å². The number of benzene rings is 3. The van der Waals surface area contributed by atoms with Gasteiger partial charge in [-0.2, -0.15) is 13.2 Å². The molecule has 0 bridgehead atoms. The molecule has 0 aliphatic carbocycles. The average Bonchev–Trinajstić information content (AvgIpc) is 3.02. The quantitative estimate of drug-likeness (QED) is 0.0763. The lowest BCUT2D eigenvalue weighted by atomic mass is 10.1. The van der Waals surface area contributed by atoms with Crippen LogP contribution in [0, 0.1) is 23.3 Å². The van der Waals surface area contributed by atoms with E-state index in [-0.39, 0.29) is 11.4 Å². The zero-order chi connectivity index (χ0) is 33.6. The number of carbonyl (C=O) groups is 3. The van der Waals surface area contributed by atoms with Crippen molar-refractivity contribution in [3.05, 3.63) is 125 Å². The Kier molecular flexibility index (Phi) is 10.5. The van der Waals surface area contributed by atoms with Gasteiger partial charge in [0.1, 0.15) is 16.9 Å². The molecule has 0 spiro atoms. The minimum absolute atomic E-state index is 0.132. The van der Waals surface area contributed by atoms with Gasteiger partial charge in [-0.05, 0) is 55.0 Å². The second kappa shape index (κ2) is 14.3. The fourth-order valence-corrected chi connectivity index (χ4v) is 4.82. The summed E-state index contributed by atoms with van der Waals surface area (Å²) in [5.41, 5.74) is -3.61. The molecule has 238 valence electrons. The highest BCUT2D eigenvalue weighted by atomic mass is 32.2. The van der Waals surface area contributed by atoms with Crippen molar-refractivity contribution in [3.63, 3.8) is 0 Å². The van der Waals surface area contributed by atoms with Crippen LogP contribution in [-0.4, -0.2) is 28.0 Å². The second-order valence-corrected chi connectivity index (χ2v) is 10.8. The van der Waals surface area contributed by atoms with E-state index in [4.69, 9.17) is 0 Å². The largest absolute Gasteiger partial charge is 0.422 e. The summed E-state index contributed by atoms with van der Waals surface area (Å²) in [6.45, 7) is 1.26. The third kappa shape index (κ3) is 8.10. The van der Waals surface area contributed by atoms with Crippen LogP contribution in [0.5, 0.6) is 0 Å². The van der Waals surface area contributed by atoms with Gasteiger partial charge < -0.3 is 16.0 Å². The van der Waals surface area contributed by atoms with Crippen molar-refractivity contribution >= 4 is 46.9 Å². The molecule has 3 amide bonds. The fourth-order valence-electron chi connectivity index (χ4n) is 3.89. The van der Waals surface area contributed by atoms with Crippen molar-refractivity contribution in [3.8, 4) is 0 Å². The number of anilines is 2. The molecule has 3 N–H and O–H groups in total. The van der Waals surface area contributed by atoms with Crippen molar-refractivity contribution in [2.45, 2.75) is 23.2 Å². The van der Waals surface area contributed by atoms with Gasteiger partial charge in [-0.3, -0.25) is 19.4 Å². The lowest BCUT2D eigenvalue weighted by Gasteiger charge is -2.17. The van der Waals surface area contributed by atoms with Crippen LogP contribution in [0.2, 0.25) is 0 Å². The van der Waals surface area contributed by atoms with Crippen molar-refractivity contribution in [1.82, 2.24) is 10.3 Å². The van der Waals surface area contributed by atoms with Gasteiger partial charge in [0.05, 0.1) is 5.25 Å². The Bertz CT molecular complexity index is 1770. The number of pyridine rings is 1. The van der Waals surface area contributed by atoms with Crippen molar-refractivity contribution in [1.29, 1.82) is 0 Å². The highest BCUT2D eigenvalue weighted by Crippen LogP contribution is 2.38. The van der Waals surface area contributed by atoms with Gasteiger partial charge in [0.2, 0.25) is 5.91 Å². The zero-order valence-corrected chi connectivity index (χ0v) is 24.2. The first-order chi connectivity index (χ1) is 21.8. The summed E-state index contributed by atoms with van der Waals surface area (Å²) in [6.07, 6.45) is -1.34. The van der Waals surface area contributed by atoms with Gasteiger partial charge in [-0.15, -0.1) is 11.8 Å². The topological polar surface area (TPSA) is 100 Å². The summed E-state index contributed by atoms with van der Waals surface area (Å²) in [6, 6.07) is 17.3. The predicted octanol–water partition coefficient (Wildman–Crippen LogP) is 7.19. The van der Waals surface area contributed by atoms with Gasteiger partial charge >= 0.3 is 6.18 Å². The molecule has 4 aromatic rings. The molecular weight excluding hydrogens is 641 g/mol. The first-order valence-corrected chi connectivity index (χ1v) is 13.9. The van der Waals surface area contributed by atoms with Crippen molar-refractivity contribution in [2.24, 2.45) is 0 Å². The second-order valence-electron chi connectivity index (χ2n) is 9.40. The number of rotatable bonds is 9. The van der Waals surface area contributed by atoms with E-state index in [1.165, 1.54) is 49.7 Å². The van der Waals surface area contributed by atoms with Crippen molar-refractivity contribution in [2.75, 3.05) is 10.6 Å². The molecule has 0 saturated carbocycles. The third-order valence-electron chi connectivity index (χ3n) is 6.09. The SMILES string of the molecule is CC(Sc1cccc(NC(=O)/C(=C/c2cccnc2)NC(=O)c2ccccc2)c1)C(=O)Nc1c(F)c(F)c(C(F)(F)F)c(F)c1F. The molecular formula is C31H21F7N4O3S. The smallest absolute Gasteiger partial charge is 0.321 e. The van der Waals surface area contributed by atoms with Gasteiger partial charge in [0.25, 0.3) is 11.8 Å². The van der Waals surface area contributed by atoms with Crippen LogP contribution in [0.4, 0.5) is 42.1 Å². The van der Waals surface area contributed by atoms with Crippen molar-refractivity contribution < 1.29 is 45.1 Å². The number of hydrogen-bond donors (Lipinski definition) is 3. The third-order valence-corrected chi connectivity index (χ3v) is 7.19. The standard InChI is InChI=1S/C31H21F7N4O3S/c1-16(28(43)42-27-25(34)23(32)22(31(36,37)38)24(33)26(27)35)46-20-11-5-10-19(14-20)40-30(45)21(13-17-7-6-12-39-15-17)41-29(44)18-8-3-2-4-9-18/h2-16H,1H3,(H,40,45)(H,41,44)(H,42,43)/b21-13-. The van der Waals surface area contributed by atoms with E-state index in [2.05, 4.69) is 15.6 Å². The Morgan fingerprint density at radius 1 is 0.848 bits per heavy atom. The number of nitrogens with one attached hydrogen (secondary N) is 3. The fraction of sp³-hybridized carbons (Fsp3) is 0.0968. The van der Waals surface area contributed by atoms with E-state index < -0.39 is 63.7 Å². The number of alkyl halides is 3. The molecule has 1 heterocycles. The molecule has 0 saturated heterocycles. The number of aromatic nitrogens is 1. The van der Waals surface area contributed by atoms with E-state index in [0.29, 0.717) is 16.0 Å². The Morgan fingerprint density at radius 3 is 2.13 bits per heavy atom. The number of halogens is 7. The maximum Gasteiger partial charge on any atom is 0.422 e. The normalized spacial score (nSPS) is 12.3. The van der Waals surface area contributed by atoms with E-state index >= 15 is 0 Å². The van der Waals surface area contributed by atoms with Crippen LogP contribution >= 0.6 is 11.8 Å². The summed E-state index contributed by atoms with van der Waals surface area (Å²) < 4.78 is 95.0. The Labute approximate surface area is 260 Å². The Balaban J connectivity index is 1.49. The monoisotopic (exact) mass is 662 g/mol. The molecule has 1 atom stereocenters. The van der Waals surface area contributed by atoms with E-state index in [9.17, 15) is 45.1 Å². The van der Waals surface area contributed by atoms with E-state index in [1.54, 1.807) is 47.8 Å². The summed E-state index contributed by atoms with van der Waals surface area (Å²) in [4.78, 5) is 43.0. The van der Waals surface area contributed by atoms with Crippen LogP contribution in [0.3, 0.4) is 0 Å². The highest BCUT2D eigenvalue weighted by Gasteiger charge is 2.42. The van der Waals surface area contributed by atoms with E-state index in [1.807, 2.05) is 0 Å². The van der Waals surface area contributed by atoms with Gasteiger partial charge in [-0.25, -0.2) is 17.6 Å². The molecule has 0 radical (unpaired) electrons. The zero-order valence-electron chi connectivity index (χ0n) is 23.4. The maximum absolute atomic E-state index is 14.3. The summed E-state index contributed by atoms with van der Waals surface area (Å²) in [5, 5.41) is 5.57. The lowest BCUT2D eigenvalue weighted by molar-refractivity contribution is -0.143. The minimum atomic E-state index is -5.73. The Morgan fingerprint density at radius 2 is 1.52 bits per heavy atom. The van der Waals surface area contributed by atoms with Crippen LogP contribution in [0.15, 0.2) is 89.7 Å².